The molecule has 4 heteroatoms. The van der Waals surface area contributed by atoms with Crippen molar-refractivity contribution in [2.24, 2.45) is 0 Å². The SMILES string of the molecule is CCC[C@@H](NC(=O)C1Cc2ccccc21)C(=O)O. The molecule has 0 bridgehead atoms. The summed E-state index contributed by atoms with van der Waals surface area (Å²) in [6.07, 6.45) is 1.91. The molecule has 0 aliphatic heterocycles. The van der Waals surface area contributed by atoms with Crippen LogP contribution in [-0.2, 0) is 16.0 Å². The van der Waals surface area contributed by atoms with E-state index in [2.05, 4.69) is 5.32 Å². The lowest BCUT2D eigenvalue weighted by Gasteiger charge is -2.30. The van der Waals surface area contributed by atoms with Crippen LogP contribution in [0.3, 0.4) is 0 Å². The molecule has 2 N–H and O–H groups in total. The fourth-order valence-corrected chi connectivity index (χ4v) is 2.31. The topological polar surface area (TPSA) is 66.4 Å². The van der Waals surface area contributed by atoms with Crippen molar-refractivity contribution in [2.75, 3.05) is 0 Å². The number of aliphatic carboxylic acids is 1. The first kappa shape index (κ1) is 12.6. The Morgan fingerprint density at radius 3 is 2.78 bits per heavy atom. The van der Waals surface area contributed by atoms with Gasteiger partial charge in [-0.25, -0.2) is 4.79 Å². The first-order valence-electron chi connectivity index (χ1n) is 6.24. The summed E-state index contributed by atoms with van der Waals surface area (Å²) in [6, 6.07) is 7.01. The van der Waals surface area contributed by atoms with Gasteiger partial charge in [0, 0.05) is 0 Å². The molecule has 0 fully saturated rings. The fraction of sp³-hybridized carbons (Fsp3) is 0.429. The van der Waals surface area contributed by atoms with Crippen LogP contribution in [0.2, 0.25) is 0 Å². The summed E-state index contributed by atoms with van der Waals surface area (Å²) >= 11 is 0. The normalized spacial score (nSPS) is 18.4. The van der Waals surface area contributed by atoms with Crippen molar-refractivity contribution in [3.05, 3.63) is 35.4 Å². The summed E-state index contributed by atoms with van der Waals surface area (Å²) in [5.41, 5.74) is 2.20. The number of carboxylic acid groups (broad SMARTS) is 1. The molecule has 1 aromatic carbocycles. The summed E-state index contributed by atoms with van der Waals surface area (Å²) in [6.45, 7) is 1.90. The van der Waals surface area contributed by atoms with Gasteiger partial charge in [0.25, 0.3) is 0 Å². The van der Waals surface area contributed by atoms with Gasteiger partial charge in [-0.05, 0) is 24.0 Å². The van der Waals surface area contributed by atoms with Crippen LogP contribution in [0.5, 0.6) is 0 Å². The van der Waals surface area contributed by atoms with Crippen LogP contribution in [0.25, 0.3) is 0 Å². The Bertz CT molecular complexity index is 470. The number of nitrogens with one attached hydrogen (secondary N) is 1. The number of hydrogen-bond acceptors (Lipinski definition) is 2. The molecule has 1 aromatic rings. The third kappa shape index (κ3) is 2.37. The van der Waals surface area contributed by atoms with E-state index in [1.165, 1.54) is 5.56 Å². The molecule has 1 unspecified atom stereocenters. The molecular weight excluding hydrogens is 230 g/mol. The number of fused-ring (bicyclic) bond motifs is 1. The molecule has 0 saturated carbocycles. The minimum atomic E-state index is -0.960. The maximum atomic E-state index is 12.0. The third-order valence-electron chi connectivity index (χ3n) is 3.36. The van der Waals surface area contributed by atoms with Crippen molar-refractivity contribution in [1.82, 2.24) is 5.32 Å². The minimum absolute atomic E-state index is 0.172. The average molecular weight is 247 g/mol. The Kier molecular flexibility index (Phi) is 3.65. The lowest BCUT2D eigenvalue weighted by atomic mass is 9.77. The number of amides is 1. The highest BCUT2D eigenvalue weighted by molar-refractivity contribution is 5.90. The Morgan fingerprint density at radius 1 is 1.44 bits per heavy atom. The smallest absolute Gasteiger partial charge is 0.326 e. The van der Waals surface area contributed by atoms with Crippen LogP contribution in [0, 0.1) is 0 Å². The summed E-state index contributed by atoms with van der Waals surface area (Å²) in [5.74, 6) is -1.31. The van der Waals surface area contributed by atoms with Crippen LogP contribution >= 0.6 is 0 Å². The van der Waals surface area contributed by atoms with Gasteiger partial charge < -0.3 is 10.4 Å². The van der Waals surface area contributed by atoms with E-state index >= 15 is 0 Å². The molecule has 2 atom stereocenters. The molecular formula is C14H17NO3. The predicted molar refractivity (Wildman–Crippen MR) is 67.4 cm³/mol. The predicted octanol–water partition coefficient (Wildman–Crippen LogP) is 1.70. The van der Waals surface area contributed by atoms with Gasteiger partial charge in [-0.15, -0.1) is 0 Å². The van der Waals surface area contributed by atoms with E-state index in [0.29, 0.717) is 12.8 Å². The lowest BCUT2D eigenvalue weighted by molar-refractivity contribution is -0.142. The number of rotatable bonds is 5. The van der Waals surface area contributed by atoms with Gasteiger partial charge in [0.1, 0.15) is 6.04 Å². The number of carbonyl (C=O) groups is 2. The lowest BCUT2D eigenvalue weighted by Crippen LogP contribution is -2.45. The van der Waals surface area contributed by atoms with Crippen LogP contribution in [-0.4, -0.2) is 23.0 Å². The number of carboxylic acids is 1. The summed E-state index contributed by atoms with van der Waals surface area (Å²) in [7, 11) is 0. The van der Waals surface area contributed by atoms with Gasteiger partial charge in [0.05, 0.1) is 5.92 Å². The molecule has 0 saturated heterocycles. The molecule has 0 aromatic heterocycles. The summed E-state index contributed by atoms with van der Waals surface area (Å²) < 4.78 is 0. The van der Waals surface area contributed by atoms with E-state index in [9.17, 15) is 9.59 Å². The van der Waals surface area contributed by atoms with Crippen molar-refractivity contribution < 1.29 is 14.7 Å². The minimum Gasteiger partial charge on any atom is -0.480 e. The molecule has 4 nitrogen and oxygen atoms in total. The van der Waals surface area contributed by atoms with E-state index in [0.717, 1.165) is 12.0 Å². The molecule has 0 heterocycles. The molecule has 0 spiro atoms. The first-order valence-corrected chi connectivity index (χ1v) is 6.24. The van der Waals surface area contributed by atoms with Crippen molar-refractivity contribution in [3.8, 4) is 0 Å². The Balaban J connectivity index is 2.00. The average Bonchev–Trinajstić information content (AvgIpc) is 2.30. The van der Waals surface area contributed by atoms with Gasteiger partial charge in [-0.3, -0.25) is 4.79 Å². The Labute approximate surface area is 106 Å². The zero-order chi connectivity index (χ0) is 13.1. The number of carbonyl (C=O) groups excluding carboxylic acids is 1. The van der Waals surface area contributed by atoms with Gasteiger partial charge in [0.2, 0.25) is 5.91 Å². The zero-order valence-corrected chi connectivity index (χ0v) is 10.3. The van der Waals surface area contributed by atoms with E-state index in [4.69, 9.17) is 5.11 Å². The maximum Gasteiger partial charge on any atom is 0.326 e. The largest absolute Gasteiger partial charge is 0.480 e. The van der Waals surface area contributed by atoms with Crippen LogP contribution in [0.15, 0.2) is 24.3 Å². The maximum absolute atomic E-state index is 12.0. The van der Waals surface area contributed by atoms with E-state index in [-0.39, 0.29) is 11.8 Å². The van der Waals surface area contributed by atoms with Crippen LogP contribution < -0.4 is 5.32 Å². The van der Waals surface area contributed by atoms with Crippen molar-refractivity contribution >= 4 is 11.9 Å². The first-order chi connectivity index (χ1) is 8.63. The van der Waals surface area contributed by atoms with Crippen LogP contribution in [0.1, 0.15) is 36.8 Å². The second kappa shape index (κ2) is 5.21. The Hall–Kier alpha value is -1.84. The van der Waals surface area contributed by atoms with Gasteiger partial charge >= 0.3 is 5.97 Å². The summed E-state index contributed by atoms with van der Waals surface area (Å²) in [4.78, 5) is 23.0. The molecule has 18 heavy (non-hydrogen) atoms. The van der Waals surface area contributed by atoms with E-state index in [1.54, 1.807) is 0 Å². The summed E-state index contributed by atoms with van der Waals surface area (Å²) in [5, 5.41) is 11.6. The number of benzene rings is 1. The standard InChI is InChI=1S/C14H17NO3/c1-2-5-12(14(17)18)15-13(16)11-8-9-6-3-4-7-10(9)11/h3-4,6-7,11-12H,2,5,8H2,1H3,(H,15,16)(H,17,18)/t11?,12-/m1/s1. The quantitative estimate of drug-likeness (QED) is 0.832. The monoisotopic (exact) mass is 247 g/mol. The van der Waals surface area contributed by atoms with Gasteiger partial charge in [-0.1, -0.05) is 37.6 Å². The number of hydrogen-bond donors (Lipinski definition) is 2. The third-order valence-corrected chi connectivity index (χ3v) is 3.36. The van der Waals surface area contributed by atoms with E-state index in [1.807, 2.05) is 31.2 Å². The molecule has 0 radical (unpaired) electrons. The highest BCUT2D eigenvalue weighted by Gasteiger charge is 2.33. The van der Waals surface area contributed by atoms with E-state index < -0.39 is 12.0 Å². The van der Waals surface area contributed by atoms with Gasteiger partial charge in [0.15, 0.2) is 0 Å². The Morgan fingerprint density at radius 2 is 2.17 bits per heavy atom. The second-order valence-corrected chi connectivity index (χ2v) is 4.64. The molecule has 1 aliphatic carbocycles. The molecule has 1 amide bonds. The second-order valence-electron chi connectivity index (χ2n) is 4.64. The zero-order valence-electron chi connectivity index (χ0n) is 10.3. The molecule has 2 rings (SSSR count). The van der Waals surface area contributed by atoms with Crippen LogP contribution in [0.4, 0.5) is 0 Å². The molecule has 1 aliphatic rings. The van der Waals surface area contributed by atoms with Crippen molar-refractivity contribution in [3.63, 3.8) is 0 Å². The molecule has 96 valence electrons. The fourth-order valence-electron chi connectivity index (χ4n) is 2.31. The van der Waals surface area contributed by atoms with Crippen molar-refractivity contribution in [1.29, 1.82) is 0 Å². The highest BCUT2D eigenvalue weighted by Crippen LogP contribution is 2.34. The highest BCUT2D eigenvalue weighted by atomic mass is 16.4. The van der Waals surface area contributed by atoms with Crippen molar-refractivity contribution in [2.45, 2.75) is 38.1 Å². The van der Waals surface area contributed by atoms with Gasteiger partial charge in [-0.2, -0.15) is 0 Å².